The molecule has 0 saturated carbocycles. The van der Waals surface area contributed by atoms with E-state index in [1.54, 1.807) is 0 Å². The van der Waals surface area contributed by atoms with Crippen LogP contribution in [0.1, 0.15) is 78.1 Å². The van der Waals surface area contributed by atoms with Crippen LogP contribution in [-0.4, -0.2) is 166 Å². The molecule has 0 aromatic rings. The van der Waals surface area contributed by atoms with Gasteiger partial charge in [-0.15, -0.1) is 0 Å². The molecule has 0 bridgehead atoms. The molecule has 0 saturated heterocycles. The number of hydrogen-bond acceptors (Lipinski definition) is 13. The van der Waals surface area contributed by atoms with Crippen LogP contribution < -0.4 is 21.3 Å². The molecule has 55 heavy (non-hydrogen) atoms. The lowest BCUT2D eigenvalue weighted by molar-refractivity contribution is -0.138. The lowest BCUT2D eigenvalue weighted by Gasteiger charge is -2.19. The van der Waals surface area contributed by atoms with Crippen LogP contribution in [-0.2, 0) is 61.9 Å². The van der Waals surface area contributed by atoms with Crippen molar-refractivity contribution in [3.63, 3.8) is 0 Å². The highest BCUT2D eigenvalue weighted by molar-refractivity contribution is 5.87. The van der Waals surface area contributed by atoms with Gasteiger partial charge in [0.1, 0.15) is 6.04 Å². The molecule has 1 atom stereocenters. The zero-order chi connectivity index (χ0) is 40.5. The van der Waals surface area contributed by atoms with E-state index < -0.39 is 12.0 Å². The Morgan fingerprint density at radius 1 is 0.436 bits per heavy atom. The number of aliphatic carboxylic acids is 1. The number of rotatable bonds is 42. The van der Waals surface area contributed by atoms with Crippen LogP contribution in [0.15, 0.2) is 0 Å². The van der Waals surface area contributed by atoms with Crippen LogP contribution >= 0.6 is 0 Å². The third-order valence-corrected chi connectivity index (χ3v) is 7.31. The molecule has 322 valence electrons. The molecule has 4 amide bonds. The van der Waals surface area contributed by atoms with Crippen molar-refractivity contribution in [1.29, 1.82) is 0 Å². The molecule has 0 aromatic carbocycles. The Labute approximate surface area is 327 Å². The van der Waals surface area contributed by atoms with Gasteiger partial charge < -0.3 is 64.3 Å². The first kappa shape index (κ1) is 52.0. The van der Waals surface area contributed by atoms with E-state index in [1.807, 2.05) is 13.8 Å². The van der Waals surface area contributed by atoms with Crippen LogP contribution in [0, 0.1) is 0 Å². The van der Waals surface area contributed by atoms with Crippen LogP contribution in [0.25, 0.3) is 0 Å². The molecule has 0 radical (unpaired) electrons. The summed E-state index contributed by atoms with van der Waals surface area (Å²) in [5, 5.41) is 19.8. The zero-order valence-electron chi connectivity index (χ0n) is 33.3. The number of carboxylic acid groups (broad SMARTS) is 1. The van der Waals surface area contributed by atoms with Gasteiger partial charge in [0.2, 0.25) is 23.6 Å². The predicted molar refractivity (Wildman–Crippen MR) is 203 cm³/mol. The standard InChI is InChI=1S/C37H70N4O14/c1-3-16-48-22-24-50-18-10-33(42)38-13-6-5-8-32(41-35(44)9-7-14-39-34(43)11-19-51-25-23-49-17-4-2)37(47)40-15-21-53-27-29-55-31-30-54-28-26-52-20-12-36(45)46/h32H,3-31H2,1-2H3,(H,38,42)(H,39,43)(H,40,47)(H,41,44)(H,45,46)/t32-/m0/s1. The molecule has 0 aliphatic carbocycles. The van der Waals surface area contributed by atoms with Gasteiger partial charge in [0.05, 0.1) is 98.9 Å². The predicted octanol–water partition coefficient (Wildman–Crippen LogP) is 0.978. The van der Waals surface area contributed by atoms with E-state index in [2.05, 4.69) is 21.3 Å². The third kappa shape index (κ3) is 39.1. The van der Waals surface area contributed by atoms with E-state index in [0.29, 0.717) is 125 Å². The Balaban J connectivity index is 4.39. The van der Waals surface area contributed by atoms with E-state index in [1.165, 1.54) is 0 Å². The second kappa shape index (κ2) is 40.7. The number of amides is 4. The maximum Gasteiger partial charge on any atom is 0.305 e. The molecule has 0 heterocycles. The largest absolute Gasteiger partial charge is 0.481 e. The summed E-state index contributed by atoms with van der Waals surface area (Å²) in [4.78, 5) is 60.3. The number of carbonyl (C=O) groups is 5. The van der Waals surface area contributed by atoms with E-state index in [0.717, 1.165) is 12.8 Å². The van der Waals surface area contributed by atoms with Crippen molar-refractivity contribution in [2.24, 2.45) is 0 Å². The summed E-state index contributed by atoms with van der Waals surface area (Å²) in [7, 11) is 0. The molecule has 0 spiro atoms. The lowest BCUT2D eigenvalue weighted by Crippen LogP contribution is -2.47. The number of nitrogens with one attached hydrogen (secondary N) is 4. The molecule has 0 aliphatic heterocycles. The van der Waals surface area contributed by atoms with Crippen molar-refractivity contribution in [2.75, 3.05) is 125 Å². The SMILES string of the molecule is CCCOCCOCCC(=O)NCCCC[C@H](NC(=O)CCCNC(=O)CCOCCOCCC)C(=O)NCCOCCOCCOCCOCCC(=O)O. The minimum absolute atomic E-state index is 0.0441. The fraction of sp³-hybridized carbons (Fsp3) is 0.865. The summed E-state index contributed by atoms with van der Waals surface area (Å²) in [5.74, 6) is -1.84. The summed E-state index contributed by atoms with van der Waals surface area (Å²) >= 11 is 0. The molecule has 18 nitrogen and oxygen atoms in total. The third-order valence-electron chi connectivity index (χ3n) is 7.31. The van der Waals surface area contributed by atoms with Crippen LogP contribution in [0.3, 0.4) is 0 Å². The Morgan fingerprint density at radius 2 is 0.855 bits per heavy atom. The fourth-order valence-electron chi connectivity index (χ4n) is 4.44. The summed E-state index contributed by atoms with van der Waals surface area (Å²) in [6.07, 6.45) is 4.42. The average Bonchev–Trinajstić information content (AvgIpc) is 3.16. The van der Waals surface area contributed by atoms with Crippen LogP contribution in [0.4, 0.5) is 0 Å². The van der Waals surface area contributed by atoms with Gasteiger partial charge in [-0.05, 0) is 38.5 Å². The van der Waals surface area contributed by atoms with Gasteiger partial charge in [-0.25, -0.2) is 0 Å². The molecule has 0 fully saturated rings. The first-order valence-corrected chi connectivity index (χ1v) is 19.7. The fourth-order valence-corrected chi connectivity index (χ4v) is 4.44. The Hall–Kier alpha value is -2.97. The van der Waals surface area contributed by atoms with Gasteiger partial charge in [-0.2, -0.15) is 0 Å². The van der Waals surface area contributed by atoms with Gasteiger partial charge in [-0.1, -0.05) is 13.8 Å². The molecule has 0 aromatic heterocycles. The summed E-state index contributed by atoms with van der Waals surface area (Å²) in [6.45, 7) is 11.3. The highest BCUT2D eigenvalue weighted by atomic mass is 16.6. The Morgan fingerprint density at radius 3 is 1.33 bits per heavy atom. The van der Waals surface area contributed by atoms with Crippen molar-refractivity contribution in [3.8, 4) is 0 Å². The van der Waals surface area contributed by atoms with E-state index >= 15 is 0 Å². The number of hydrogen-bond donors (Lipinski definition) is 5. The highest BCUT2D eigenvalue weighted by Gasteiger charge is 2.20. The van der Waals surface area contributed by atoms with Crippen LogP contribution in [0.5, 0.6) is 0 Å². The minimum atomic E-state index is -0.908. The summed E-state index contributed by atoms with van der Waals surface area (Å²) in [5.41, 5.74) is 0. The number of carbonyl (C=O) groups excluding carboxylic acids is 4. The van der Waals surface area contributed by atoms with Gasteiger partial charge >= 0.3 is 5.97 Å². The molecule has 0 rings (SSSR count). The first-order valence-electron chi connectivity index (χ1n) is 19.7. The van der Waals surface area contributed by atoms with Crippen molar-refractivity contribution < 1.29 is 67.0 Å². The Bertz CT molecular complexity index is 963. The lowest BCUT2D eigenvalue weighted by atomic mass is 10.1. The van der Waals surface area contributed by atoms with Crippen LogP contribution in [0.2, 0.25) is 0 Å². The zero-order valence-corrected chi connectivity index (χ0v) is 33.3. The topological polar surface area (TPSA) is 228 Å². The van der Waals surface area contributed by atoms with Crippen molar-refractivity contribution in [2.45, 2.75) is 84.1 Å². The maximum absolute atomic E-state index is 13.0. The smallest absolute Gasteiger partial charge is 0.305 e. The molecule has 5 N–H and O–H groups in total. The second-order valence-electron chi connectivity index (χ2n) is 12.3. The van der Waals surface area contributed by atoms with E-state index in [4.69, 9.17) is 43.0 Å². The monoisotopic (exact) mass is 794 g/mol. The molecule has 0 aliphatic rings. The number of ether oxygens (including phenoxy) is 8. The highest BCUT2D eigenvalue weighted by Crippen LogP contribution is 2.03. The van der Waals surface area contributed by atoms with E-state index in [-0.39, 0.29) is 75.7 Å². The Kier molecular flexibility index (Phi) is 38.5. The normalized spacial score (nSPS) is 11.6. The molecule has 18 heteroatoms. The molecular formula is C37H70N4O14. The first-order chi connectivity index (χ1) is 26.8. The average molecular weight is 795 g/mol. The van der Waals surface area contributed by atoms with Gasteiger partial charge in [-0.3, -0.25) is 24.0 Å². The van der Waals surface area contributed by atoms with Crippen molar-refractivity contribution >= 4 is 29.6 Å². The summed E-state index contributed by atoms with van der Waals surface area (Å²) < 4.78 is 42.9. The molecular weight excluding hydrogens is 724 g/mol. The van der Waals surface area contributed by atoms with Gasteiger partial charge in [0, 0.05) is 52.1 Å². The van der Waals surface area contributed by atoms with E-state index in [9.17, 15) is 24.0 Å². The minimum Gasteiger partial charge on any atom is -0.481 e. The summed E-state index contributed by atoms with van der Waals surface area (Å²) in [6, 6.07) is -0.773. The quantitative estimate of drug-likeness (QED) is 0.0543. The van der Waals surface area contributed by atoms with Crippen molar-refractivity contribution in [1.82, 2.24) is 21.3 Å². The second-order valence-corrected chi connectivity index (χ2v) is 12.3. The number of unbranched alkanes of at least 4 members (excludes halogenated alkanes) is 1. The maximum atomic E-state index is 13.0. The number of carboxylic acids is 1. The molecule has 0 unspecified atom stereocenters. The van der Waals surface area contributed by atoms with Gasteiger partial charge in [0.15, 0.2) is 0 Å². The van der Waals surface area contributed by atoms with Gasteiger partial charge in [0.25, 0.3) is 0 Å². The van der Waals surface area contributed by atoms with Crippen molar-refractivity contribution in [3.05, 3.63) is 0 Å².